The minimum atomic E-state index is 0.462. The first kappa shape index (κ1) is 15.5. The zero-order chi connectivity index (χ0) is 15.4. The Morgan fingerprint density at radius 3 is 2.57 bits per heavy atom. The van der Waals surface area contributed by atoms with E-state index < -0.39 is 0 Å². The molecule has 0 amide bonds. The third-order valence-corrected chi connectivity index (χ3v) is 3.46. The molecule has 0 aliphatic heterocycles. The normalized spacial score (nSPS) is 11.0. The van der Waals surface area contributed by atoms with Gasteiger partial charge in [-0.05, 0) is 42.7 Å². The first-order chi connectivity index (χ1) is 10.0. The van der Waals surface area contributed by atoms with Crippen LogP contribution in [0.4, 0.5) is 0 Å². The lowest BCUT2D eigenvalue weighted by Gasteiger charge is -2.14. The van der Waals surface area contributed by atoms with Gasteiger partial charge in [-0.1, -0.05) is 19.9 Å². The van der Waals surface area contributed by atoms with Crippen LogP contribution in [0.2, 0.25) is 0 Å². The second-order valence-corrected chi connectivity index (χ2v) is 5.78. The fraction of sp³-hybridized carbons (Fsp3) is 0.389. The molecule has 0 radical (unpaired) electrons. The van der Waals surface area contributed by atoms with E-state index in [1.54, 1.807) is 7.11 Å². The molecule has 0 saturated heterocycles. The van der Waals surface area contributed by atoms with E-state index in [1.165, 1.54) is 16.7 Å². The van der Waals surface area contributed by atoms with Crippen molar-refractivity contribution < 1.29 is 4.74 Å². The molecule has 3 heteroatoms. The van der Waals surface area contributed by atoms with Gasteiger partial charge in [-0.25, -0.2) is 0 Å². The second kappa shape index (κ2) is 6.72. The number of pyridine rings is 1. The van der Waals surface area contributed by atoms with E-state index >= 15 is 0 Å². The highest BCUT2D eigenvalue weighted by atomic mass is 16.5. The lowest BCUT2D eigenvalue weighted by molar-refractivity contribution is 0.416. The van der Waals surface area contributed by atoms with E-state index in [-0.39, 0.29) is 0 Å². The summed E-state index contributed by atoms with van der Waals surface area (Å²) >= 11 is 0. The number of hydrogen-bond donors (Lipinski definition) is 1. The smallest absolute Gasteiger partial charge is 0.127 e. The summed E-state index contributed by atoms with van der Waals surface area (Å²) < 4.78 is 5.56. The van der Waals surface area contributed by atoms with Crippen molar-refractivity contribution in [3.8, 4) is 16.9 Å². The van der Waals surface area contributed by atoms with Gasteiger partial charge in [0.05, 0.1) is 7.11 Å². The van der Waals surface area contributed by atoms with Crippen LogP contribution < -0.4 is 10.1 Å². The van der Waals surface area contributed by atoms with Gasteiger partial charge >= 0.3 is 0 Å². The molecule has 0 bridgehead atoms. The molecule has 1 N–H and O–H groups in total. The van der Waals surface area contributed by atoms with Gasteiger partial charge in [-0.15, -0.1) is 0 Å². The van der Waals surface area contributed by atoms with Crippen LogP contribution in [-0.4, -0.2) is 18.1 Å². The zero-order valence-corrected chi connectivity index (χ0v) is 13.5. The summed E-state index contributed by atoms with van der Waals surface area (Å²) in [4.78, 5) is 4.38. The number of aryl methyl sites for hydroxylation is 2. The van der Waals surface area contributed by atoms with E-state index in [0.717, 1.165) is 23.4 Å². The summed E-state index contributed by atoms with van der Waals surface area (Å²) in [6.07, 6.45) is 3.81. The number of aromatic nitrogens is 1. The van der Waals surface area contributed by atoms with Crippen LogP contribution in [0.1, 0.15) is 30.5 Å². The van der Waals surface area contributed by atoms with Crippen LogP contribution in [0.3, 0.4) is 0 Å². The Labute approximate surface area is 127 Å². The van der Waals surface area contributed by atoms with Crippen molar-refractivity contribution in [2.75, 3.05) is 7.11 Å². The Hall–Kier alpha value is -1.87. The SMILES string of the molecule is COc1cc(C)cc(C)c1-c1cncc(CNC(C)C)c1. The van der Waals surface area contributed by atoms with E-state index in [4.69, 9.17) is 4.74 Å². The molecule has 21 heavy (non-hydrogen) atoms. The minimum absolute atomic E-state index is 0.462. The van der Waals surface area contributed by atoms with Crippen molar-refractivity contribution in [3.63, 3.8) is 0 Å². The molecular weight excluding hydrogens is 260 g/mol. The molecule has 2 rings (SSSR count). The van der Waals surface area contributed by atoms with Crippen LogP contribution in [-0.2, 0) is 6.54 Å². The summed E-state index contributed by atoms with van der Waals surface area (Å²) in [7, 11) is 1.72. The van der Waals surface area contributed by atoms with Gasteiger partial charge in [-0.3, -0.25) is 4.98 Å². The zero-order valence-electron chi connectivity index (χ0n) is 13.5. The molecule has 112 valence electrons. The lowest BCUT2D eigenvalue weighted by atomic mass is 9.97. The summed E-state index contributed by atoms with van der Waals surface area (Å²) in [6, 6.07) is 6.89. The maximum Gasteiger partial charge on any atom is 0.127 e. The van der Waals surface area contributed by atoms with Crippen LogP contribution in [0, 0.1) is 13.8 Å². The topological polar surface area (TPSA) is 34.1 Å². The average Bonchev–Trinajstić information content (AvgIpc) is 2.44. The van der Waals surface area contributed by atoms with E-state index in [9.17, 15) is 0 Å². The molecule has 0 spiro atoms. The Bertz CT molecular complexity index is 621. The van der Waals surface area contributed by atoms with Crippen molar-refractivity contribution in [1.82, 2.24) is 10.3 Å². The second-order valence-electron chi connectivity index (χ2n) is 5.78. The van der Waals surface area contributed by atoms with Crippen LogP contribution in [0.5, 0.6) is 5.75 Å². The molecule has 0 aliphatic carbocycles. The Balaban J connectivity index is 2.40. The third kappa shape index (κ3) is 3.82. The summed E-state index contributed by atoms with van der Waals surface area (Å²) in [5, 5.41) is 3.42. The van der Waals surface area contributed by atoms with E-state index in [2.05, 4.69) is 56.2 Å². The van der Waals surface area contributed by atoms with Gasteiger partial charge in [0.2, 0.25) is 0 Å². The fourth-order valence-electron chi connectivity index (χ4n) is 2.50. The Morgan fingerprint density at radius 2 is 1.90 bits per heavy atom. The predicted molar refractivity (Wildman–Crippen MR) is 87.7 cm³/mol. The van der Waals surface area contributed by atoms with Gasteiger partial charge in [0.25, 0.3) is 0 Å². The Morgan fingerprint density at radius 1 is 1.14 bits per heavy atom. The van der Waals surface area contributed by atoms with Crippen LogP contribution >= 0.6 is 0 Å². The first-order valence-electron chi connectivity index (χ1n) is 7.34. The van der Waals surface area contributed by atoms with Gasteiger partial charge in [-0.2, -0.15) is 0 Å². The fourth-order valence-corrected chi connectivity index (χ4v) is 2.50. The number of nitrogens with one attached hydrogen (secondary N) is 1. The molecule has 0 atom stereocenters. The van der Waals surface area contributed by atoms with Crippen molar-refractivity contribution in [3.05, 3.63) is 47.3 Å². The Kier molecular flexibility index (Phi) is 4.97. The van der Waals surface area contributed by atoms with E-state index in [1.807, 2.05) is 12.4 Å². The lowest BCUT2D eigenvalue weighted by Crippen LogP contribution is -2.21. The molecule has 1 heterocycles. The number of ether oxygens (including phenoxy) is 1. The summed E-state index contributed by atoms with van der Waals surface area (Å²) in [5.74, 6) is 0.906. The molecule has 1 aromatic carbocycles. The predicted octanol–water partition coefficient (Wildman–Crippen LogP) is 3.87. The largest absolute Gasteiger partial charge is 0.496 e. The first-order valence-corrected chi connectivity index (χ1v) is 7.34. The van der Waals surface area contributed by atoms with Crippen molar-refractivity contribution in [1.29, 1.82) is 0 Å². The van der Waals surface area contributed by atoms with Crippen LogP contribution in [0.25, 0.3) is 11.1 Å². The highest BCUT2D eigenvalue weighted by molar-refractivity contribution is 5.74. The molecule has 0 fully saturated rings. The molecule has 0 aliphatic rings. The molecule has 0 saturated carbocycles. The highest BCUT2D eigenvalue weighted by Gasteiger charge is 2.11. The molecule has 1 aromatic heterocycles. The van der Waals surface area contributed by atoms with Gasteiger partial charge in [0, 0.05) is 36.1 Å². The minimum Gasteiger partial charge on any atom is -0.496 e. The monoisotopic (exact) mass is 284 g/mol. The summed E-state index contributed by atoms with van der Waals surface area (Å²) in [6.45, 7) is 9.31. The standard InChI is InChI=1S/C18H24N2O/c1-12(2)20-10-15-8-16(11-19-9-15)18-14(4)6-13(3)7-17(18)21-5/h6-9,11-12,20H,10H2,1-5H3. The summed E-state index contributed by atoms with van der Waals surface area (Å²) in [5.41, 5.74) is 5.83. The van der Waals surface area contributed by atoms with Gasteiger partial charge < -0.3 is 10.1 Å². The van der Waals surface area contributed by atoms with Crippen molar-refractivity contribution >= 4 is 0 Å². The number of hydrogen-bond acceptors (Lipinski definition) is 3. The molecular formula is C18H24N2O. The average molecular weight is 284 g/mol. The maximum atomic E-state index is 5.56. The number of methoxy groups -OCH3 is 1. The van der Waals surface area contributed by atoms with Crippen molar-refractivity contribution in [2.45, 2.75) is 40.3 Å². The molecule has 2 aromatic rings. The van der Waals surface area contributed by atoms with Crippen molar-refractivity contribution in [2.24, 2.45) is 0 Å². The highest BCUT2D eigenvalue weighted by Crippen LogP contribution is 2.34. The number of benzene rings is 1. The maximum absolute atomic E-state index is 5.56. The van der Waals surface area contributed by atoms with E-state index in [0.29, 0.717) is 6.04 Å². The number of nitrogens with zero attached hydrogens (tertiary/aromatic N) is 1. The molecule has 0 unspecified atom stereocenters. The third-order valence-electron chi connectivity index (χ3n) is 3.46. The van der Waals surface area contributed by atoms with Gasteiger partial charge in [0.1, 0.15) is 5.75 Å². The quantitative estimate of drug-likeness (QED) is 0.905. The number of rotatable bonds is 5. The molecule has 3 nitrogen and oxygen atoms in total. The van der Waals surface area contributed by atoms with Crippen LogP contribution in [0.15, 0.2) is 30.6 Å². The van der Waals surface area contributed by atoms with Gasteiger partial charge in [0.15, 0.2) is 0 Å².